The van der Waals surface area contributed by atoms with Crippen molar-refractivity contribution in [2.24, 2.45) is 11.7 Å². The van der Waals surface area contributed by atoms with Crippen molar-refractivity contribution in [3.05, 3.63) is 24.0 Å². The monoisotopic (exact) mass is 221 g/mol. The van der Waals surface area contributed by atoms with E-state index in [-0.39, 0.29) is 0 Å². The number of nitrogens with two attached hydrogens (primary N) is 1. The van der Waals surface area contributed by atoms with E-state index in [1.807, 2.05) is 12.1 Å². The number of nitrogens with zero attached hydrogens (tertiary/aromatic N) is 1. The minimum absolute atomic E-state index is 0.349. The van der Waals surface area contributed by atoms with Gasteiger partial charge in [-0.15, -0.1) is 0 Å². The molecule has 2 rings (SSSR count). The first-order chi connectivity index (χ1) is 7.20. The molecule has 2 atom stereocenters. The molecule has 0 amide bonds. The van der Waals surface area contributed by atoms with Crippen LogP contribution in [0.3, 0.4) is 0 Å². The van der Waals surface area contributed by atoms with Gasteiger partial charge in [0.15, 0.2) is 0 Å². The first kappa shape index (κ1) is 10.4. The maximum Gasteiger partial charge on any atom is 0.122 e. The minimum atomic E-state index is 0.349. The maximum absolute atomic E-state index is 5.52. The van der Waals surface area contributed by atoms with Gasteiger partial charge in [0.1, 0.15) is 4.99 Å². The van der Waals surface area contributed by atoms with Crippen molar-refractivity contribution in [3.63, 3.8) is 0 Å². The van der Waals surface area contributed by atoms with Gasteiger partial charge in [0, 0.05) is 17.9 Å². The van der Waals surface area contributed by atoms with Crippen LogP contribution in [0.1, 0.15) is 25.5 Å². The van der Waals surface area contributed by atoms with Crippen molar-refractivity contribution in [3.8, 4) is 0 Å². The fourth-order valence-electron chi connectivity index (χ4n) is 1.74. The lowest BCUT2D eigenvalue weighted by atomic mass is 10.3. The molecule has 0 spiro atoms. The molecular formula is C11H15N3S. The molecule has 1 aliphatic rings. The van der Waals surface area contributed by atoms with Crippen molar-refractivity contribution in [2.75, 3.05) is 5.32 Å². The van der Waals surface area contributed by atoms with Crippen molar-refractivity contribution in [1.82, 2.24) is 4.98 Å². The van der Waals surface area contributed by atoms with Crippen LogP contribution in [0, 0.1) is 5.92 Å². The van der Waals surface area contributed by atoms with Crippen molar-refractivity contribution >= 4 is 22.9 Å². The van der Waals surface area contributed by atoms with E-state index < -0.39 is 0 Å². The van der Waals surface area contributed by atoms with Crippen LogP contribution in [0.15, 0.2) is 18.3 Å². The molecular weight excluding hydrogens is 206 g/mol. The SMILES string of the molecule is CCC1CC1Nc1ccnc(C(N)=S)c1. The van der Waals surface area contributed by atoms with E-state index >= 15 is 0 Å². The first-order valence-corrected chi connectivity index (χ1v) is 5.64. The number of nitrogens with one attached hydrogen (secondary N) is 1. The Kier molecular flexibility index (Phi) is 2.86. The molecule has 3 nitrogen and oxygen atoms in total. The summed E-state index contributed by atoms with van der Waals surface area (Å²) in [7, 11) is 0. The van der Waals surface area contributed by atoms with E-state index in [1.54, 1.807) is 6.20 Å². The highest BCUT2D eigenvalue weighted by Crippen LogP contribution is 2.35. The lowest BCUT2D eigenvalue weighted by Crippen LogP contribution is -2.12. The molecule has 1 saturated carbocycles. The van der Waals surface area contributed by atoms with Gasteiger partial charge in [-0.2, -0.15) is 0 Å². The van der Waals surface area contributed by atoms with E-state index in [4.69, 9.17) is 18.0 Å². The Hall–Kier alpha value is -1.16. The standard InChI is InChI=1S/C11H15N3S/c1-2-7-5-9(7)14-8-3-4-13-10(6-8)11(12)15/h3-4,6-7,9H,2,5H2,1H3,(H2,12,15)(H,13,14). The topological polar surface area (TPSA) is 50.9 Å². The zero-order chi connectivity index (χ0) is 10.8. The fraction of sp³-hybridized carbons (Fsp3) is 0.455. The Morgan fingerprint density at radius 1 is 1.73 bits per heavy atom. The predicted octanol–water partition coefficient (Wildman–Crippen LogP) is 1.93. The number of anilines is 1. The number of pyridine rings is 1. The lowest BCUT2D eigenvalue weighted by Gasteiger charge is -2.06. The van der Waals surface area contributed by atoms with Gasteiger partial charge >= 0.3 is 0 Å². The maximum atomic E-state index is 5.52. The van der Waals surface area contributed by atoms with E-state index in [1.165, 1.54) is 12.8 Å². The highest BCUT2D eigenvalue weighted by molar-refractivity contribution is 7.80. The Morgan fingerprint density at radius 2 is 2.53 bits per heavy atom. The van der Waals surface area contributed by atoms with Crippen molar-refractivity contribution in [1.29, 1.82) is 0 Å². The largest absolute Gasteiger partial charge is 0.388 e. The zero-order valence-electron chi connectivity index (χ0n) is 8.73. The van der Waals surface area contributed by atoms with Crippen molar-refractivity contribution in [2.45, 2.75) is 25.8 Å². The number of hydrogen-bond acceptors (Lipinski definition) is 3. The normalized spacial score (nSPS) is 23.5. The number of aromatic nitrogens is 1. The Bertz CT molecular complexity index is 378. The van der Waals surface area contributed by atoms with Crippen LogP contribution in [-0.4, -0.2) is 16.0 Å². The molecule has 0 aliphatic heterocycles. The smallest absolute Gasteiger partial charge is 0.122 e. The molecule has 1 heterocycles. The average molecular weight is 221 g/mol. The molecule has 15 heavy (non-hydrogen) atoms. The molecule has 4 heteroatoms. The van der Waals surface area contributed by atoms with E-state index in [0.29, 0.717) is 16.7 Å². The van der Waals surface area contributed by atoms with Crippen LogP contribution in [-0.2, 0) is 0 Å². The summed E-state index contributed by atoms with van der Waals surface area (Å²) in [6.07, 6.45) is 4.24. The number of rotatable bonds is 4. The summed E-state index contributed by atoms with van der Waals surface area (Å²) in [6, 6.07) is 4.48. The third-order valence-electron chi connectivity index (χ3n) is 2.81. The predicted molar refractivity (Wildman–Crippen MR) is 65.9 cm³/mol. The molecule has 0 saturated heterocycles. The Morgan fingerprint density at radius 3 is 3.13 bits per heavy atom. The molecule has 3 N–H and O–H groups in total. The lowest BCUT2D eigenvalue weighted by molar-refractivity contribution is 0.775. The van der Waals surface area contributed by atoms with E-state index in [2.05, 4.69) is 17.2 Å². The van der Waals surface area contributed by atoms with Crippen LogP contribution < -0.4 is 11.1 Å². The summed E-state index contributed by atoms with van der Waals surface area (Å²) < 4.78 is 0. The molecule has 1 aromatic heterocycles. The average Bonchev–Trinajstić information content (AvgIpc) is 2.97. The van der Waals surface area contributed by atoms with E-state index in [9.17, 15) is 0 Å². The van der Waals surface area contributed by atoms with E-state index in [0.717, 1.165) is 11.6 Å². The molecule has 2 unspecified atom stereocenters. The molecule has 0 radical (unpaired) electrons. The summed E-state index contributed by atoms with van der Waals surface area (Å²) in [6.45, 7) is 2.22. The fourth-order valence-corrected chi connectivity index (χ4v) is 1.86. The van der Waals surface area contributed by atoms with Crippen LogP contribution in [0.25, 0.3) is 0 Å². The van der Waals surface area contributed by atoms with Gasteiger partial charge < -0.3 is 11.1 Å². The van der Waals surface area contributed by atoms with Gasteiger partial charge in [-0.25, -0.2) is 0 Å². The molecule has 0 aromatic carbocycles. The quantitative estimate of drug-likeness (QED) is 0.763. The third kappa shape index (κ3) is 2.45. The summed E-state index contributed by atoms with van der Waals surface area (Å²) in [4.78, 5) is 4.45. The van der Waals surface area contributed by atoms with Gasteiger partial charge in [0.25, 0.3) is 0 Å². The Balaban J connectivity index is 2.03. The highest BCUT2D eigenvalue weighted by atomic mass is 32.1. The molecule has 1 aliphatic carbocycles. The molecule has 1 fully saturated rings. The van der Waals surface area contributed by atoms with Crippen LogP contribution in [0.4, 0.5) is 5.69 Å². The van der Waals surface area contributed by atoms with Gasteiger partial charge in [-0.05, 0) is 24.5 Å². The number of thiocarbonyl (C=S) groups is 1. The second-order valence-electron chi connectivity index (χ2n) is 3.95. The second kappa shape index (κ2) is 4.14. The van der Waals surface area contributed by atoms with Crippen molar-refractivity contribution < 1.29 is 0 Å². The molecule has 0 bridgehead atoms. The summed E-state index contributed by atoms with van der Waals surface area (Å²) in [5, 5.41) is 3.46. The van der Waals surface area contributed by atoms with Gasteiger partial charge in [0.2, 0.25) is 0 Å². The summed E-state index contributed by atoms with van der Waals surface area (Å²) in [5.41, 5.74) is 7.27. The highest BCUT2D eigenvalue weighted by Gasteiger charge is 2.34. The van der Waals surface area contributed by atoms with Gasteiger partial charge in [-0.3, -0.25) is 4.98 Å². The minimum Gasteiger partial charge on any atom is -0.388 e. The van der Waals surface area contributed by atoms with Crippen LogP contribution >= 0.6 is 12.2 Å². The van der Waals surface area contributed by atoms with Gasteiger partial charge in [0.05, 0.1) is 5.69 Å². The summed E-state index contributed by atoms with van der Waals surface area (Å²) >= 11 is 4.88. The van der Waals surface area contributed by atoms with Crippen LogP contribution in [0.2, 0.25) is 0 Å². The number of hydrogen-bond donors (Lipinski definition) is 2. The molecule has 1 aromatic rings. The Labute approximate surface area is 95.1 Å². The van der Waals surface area contributed by atoms with Crippen LogP contribution in [0.5, 0.6) is 0 Å². The zero-order valence-corrected chi connectivity index (χ0v) is 9.55. The first-order valence-electron chi connectivity index (χ1n) is 5.23. The summed E-state index contributed by atoms with van der Waals surface area (Å²) in [5.74, 6) is 0.825. The van der Waals surface area contributed by atoms with Gasteiger partial charge in [-0.1, -0.05) is 25.6 Å². The molecule has 80 valence electrons. The third-order valence-corrected chi connectivity index (χ3v) is 3.02. The second-order valence-corrected chi connectivity index (χ2v) is 4.39.